The Morgan fingerprint density at radius 2 is 1.67 bits per heavy atom. The zero-order valence-electron chi connectivity index (χ0n) is 12.4. The van der Waals surface area contributed by atoms with Crippen LogP contribution < -0.4 is 9.80 Å². The number of hydrogen-bond donors (Lipinski definition) is 0. The molecule has 0 N–H and O–H groups in total. The number of para-hydroxylation sites is 2. The SMILES string of the molecule is CCN1CN([C@H](CCCl)c2ccccc2)c2ccccc21. The van der Waals surface area contributed by atoms with Gasteiger partial charge in [-0.1, -0.05) is 42.5 Å². The van der Waals surface area contributed by atoms with Crippen molar-refractivity contribution in [3.8, 4) is 0 Å². The lowest BCUT2D eigenvalue weighted by atomic mass is 10.0. The fourth-order valence-electron chi connectivity index (χ4n) is 3.13. The summed E-state index contributed by atoms with van der Waals surface area (Å²) in [5.41, 5.74) is 3.99. The van der Waals surface area contributed by atoms with Gasteiger partial charge in [-0.25, -0.2) is 0 Å². The van der Waals surface area contributed by atoms with Crippen LogP contribution in [0, 0.1) is 0 Å². The van der Waals surface area contributed by atoms with E-state index in [4.69, 9.17) is 11.6 Å². The molecule has 0 bridgehead atoms. The van der Waals surface area contributed by atoms with Crippen molar-refractivity contribution in [2.75, 3.05) is 28.9 Å². The van der Waals surface area contributed by atoms with Crippen LogP contribution in [0.25, 0.3) is 0 Å². The molecular formula is C18H21ClN2. The van der Waals surface area contributed by atoms with E-state index in [0.29, 0.717) is 11.9 Å². The maximum absolute atomic E-state index is 6.08. The summed E-state index contributed by atoms with van der Waals surface area (Å²) in [6.07, 6.45) is 0.956. The Hall–Kier alpha value is -1.67. The average Bonchev–Trinajstić information content (AvgIpc) is 2.92. The maximum atomic E-state index is 6.08. The van der Waals surface area contributed by atoms with Gasteiger partial charge in [0, 0.05) is 12.4 Å². The lowest BCUT2D eigenvalue weighted by Gasteiger charge is -2.30. The lowest BCUT2D eigenvalue weighted by Crippen LogP contribution is -2.34. The first-order chi connectivity index (χ1) is 10.3. The van der Waals surface area contributed by atoms with Crippen molar-refractivity contribution in [1.29, 1.82) is 0 Å². The Balaban J connectivity index is 1.98. The molecule has 1 heterocycles. The molecule has 21 heavy (non-hydrogen) atoms. The van der Waals surface area contributed by atoms with Gasteiger partial charge < -0.3 is 9.80 Å². The van der Waals surface area contributed by atoms with E-state index in [1.807, 2.05) is 0 Å². The highest BCUT2D eigenvalue weighted by molar-refractivity contribution is 6.17. The standard InChI is InChI=1S/C18H21ClN2/c1-2-20-14-21(18-11-7-6-10-17(18)20)16(12-13-19)15-8-4-3-5-9-15/h3-11,16H,2,12-14H2,1H3/t16-/m1/s1. The minimum absolute atomic E-state index is 0.335. The molecule has 0 fully saturated rings. The van der Waals surface area contributed by atoms with Crippen LogP contribution in [0.5, 0.6) is 0 Å². The van der Waals surface area contributed by atoms with E-state index >= 15 is 0 Å². The van der Waals surface area contributed by atoms with Crippen molar-refractivity contribution in [2.24, 2.45) is 0 Å². The first kappa shape index (κ1) is 14.3. The molecule has 2 nitrogen and oxygen atoms in total. The molecule has 3 rings (SSSR count). The predicted octanol–water partition coefficient (Wildman–Crippen LogP) is 4.66. The maximum Gasteiger partial charge on any atom is 0.0910 e. The van der Waals surface area contributed by atoms with Crippen LogP contribution in [-0.2, 0) is 0 Å². The highest BCUT2D eigenvalue weighted by atomic mass is 35.5. The van der Waals surface area contributed by atoms with Crippen molar-refractivity contribution < 1.29 is 0 Å². The Labute approximate surface area is 131 Å². The average molecular weight is 301 g/mol. The van der Waals surface area contributed by atoms with E-state index < -0.39 is 0 Å². The minimum Gasteiger partial charge on any atom is -0.352 e. The number of fused-ring (bicyclic) bond motifs is 1. The monoisotopic (exact) mass is 300 g/mol. The molecule has 0 amide bonds. The normalized spacial score (nSPS) is 15.1. The molecular weight excluding hydrogens is 280 g/mol. The van der Waals surface area contributed by atoms with Crippen molar-refractivity contribution in [2.45, 2.75) is 19.4 Å². The molecule has 0 spiro atoms. The second kappa shape index (κ2) is 6.40. The number of alkyl halides is 1. The topological polar surface area (TPSA) is 6.48 Å². The fraction of sp³-hybridized carbons (Fsp3) is 0.333. The zero-order valence-corrected chi connectivity index (χ0v) is 13.1. The van der Waals surface area contributed by atoms with E-state index in [1.54, 1.807) is 0 Å². The fourth-order valence-corrected chi connectivity index (χ4v) is 3.34. The van der Waals surface area contributed by atoms with Gasteiger partial charge in [-0.05, 0) is 31.0 Å². The first-order valence-electron chi connectivity index (χ1n) is 7.56. The Morgan fingerprint density at radius 1 is 1.00 bits per heavy atom. The van der Waals surface area contributed by atoms with Gasteiger partial charge in [0.1, 0.15) is 0 Å². The van der Waals surface area contributed by atoms with Gasteiger partial charge in [0.05, 0.1) is 24.1 Å². The van der Waals surface area contributed by atoms with Crippen molar-refractivity contribution in [3.63, 3.8) is 0 Å². The van der Waals surface area contributed by atoms with Gasteiger partial charge in [0.2, 0.25) is 0 Å². The summed E-state index contributed by atoms with van der Waals surface area (Å²) in [6, 6.07) is 19.7. The quantitative estimate of drug-likeness (QED) is 0.741. The Morgan fingerprint density at radius 3 is 2.33 bits per heavy atom. The molecule has 2 aromatic carbocycles. The summed E-state index contributed by atoms with van der Waals surface area (Å²) in [6.45, 7) is 4.17. The van der Waals surface area contributed by atoms with Gasteiger partial charge in [0.25, 0.3) is 0 Å². The van der Waals surface area contributed by atoms with Crippen LogP contribution in [0.1, 0.15) is 24.9 Å². The number of nitrogens with zero attached hydrogens (tertiary/aromatic N) is 2. The lowest BCUT2D eigenvalue weighted by molar-refractivity contribution is 0.613. The van der Waals surface area contributed by atoms with Gasteiger partial charge >= 0.3 is 0 Å². The predicted molar refractivity (Wildman–Crippen MR) is 91.3 cm³/mol. The smallest absolute Gasteiger partial charge is 0.0910 e. The molecule has 3 heteroatoms. The first-order valence-corrected chi connectivity index (χ1v) is 8.10. The third-order valence-electron chi connectivity index (χ3n) is 4.18. The van der Waals surface area contributed by atoms with Crippen molar-refractivity contribution >= 4 is 23.0 Å². The van der Waals surface area contributed by atoms with E-state index in [9.17, 15) is 0 Å². The van der Waals surface area contributed by atoms with E-state index in [1.165, 1.54) is 16.9 Å². The van der Waals surface area contributed by atoms with Crippen molar-refractivity contribution in [1.82, 2.24) is 0 Å². The number of halogens is 1. The minimum atomic E-state index is 0.335. The summed E-state index contributed by atoms with van der Waals surface area (Å²) in [4.78, 5) is 4.90. The van der Waals surface area contributed by atoms with E-state index in [2.05, 4.69) is 71.3 Å². The van der Waals surface area contributed by atoms with Crippen LogP contribution in [0.3, 0.4) is 0 Å². The van der Waals surface area contributed by atoms with E-state index in [0.717, 1.165) is 19.6 Å². The molecule has 0 aromatic heterocycles. The summed E-state index contributed by atoms with van der Waals surface area (Å²) in [5, 5.41) is 0. The molecule has 1 atom stereocenters. The van der Waals surface area contributed by atoms with Gasteiger partial charge in [-0.3, -0.25) is 0 Å². The molecule has 0 saturated carbocycles. The third-order valence-corrected chi connectivity index (χ3v) is 4.40. The molecule has 2 aromatic rings. The van der Waals surface area contributed by atoms with Gasteiger partial charge in [-0.15, -0.1) is 11.6 Å². The van der Waals surface area contributed by atoms with Crippen LogP contribution >= 0.6 is 11.6 Å². The highest BCUT2D eigenvalue weighted by Crippen LogP contribution is 2.41. The second-order valence-electron chi connectivity index (χ2n) is 5.36. The van der Waals surface area contributed by atoms with E-state index in [-0.39, 0.29) is 0 Å². The Bertz CT molecular complexity index is 585. The molecule has 0 radical (unpaired) electrons. The summed E-state index contributed by atoms with van der Waals surface area (Å²) in [5.74, 6) is 0.671. The highest BCUT2D eigenvalue weighted by Gasteiger charge is 2.30. The van der Waals surface area contributed by atoms with Gasteiger partial charge in [0.15, 0.2) is 0 Å². The molecule has 110 valence electrons. The molecule has 0 saturated heterocycles. The number of anilines is 2. The molecule has 0 unspecified atom stereocenters. The molecule has 1 aliphatic heterocycles. The summed E-state index contributed by atoms with van der Waals surface area (Å²) in [7, 11) is 0. The van der Waals surface area contributed by atoms with Crippen molar-refractivity contribution in [3.05, 3.63) is 60.2 Å². The largest absolute Gasteiger partial charge is 0.352 e. The summed E-state index contributed by atoms with van der Waals surface area (Å²) < 4.78 is 0. The van der Waals surface area contributed by atoms with Gasteiger partial charge in [-0.2, -0.15) is 0 Å². The van der Waals surface area contributed by atoms with Crippen LogP contribution in [0.15, 0.2) is 54.6 Å². The number of benzene rings is 2. The molecule has 1 aliphatic rings. The van der Waals surface area contributed by atoms with Crippen LogP contribution in [0.4, 0.5) is 11.4 Å². The summed E-state index contributed by atoms with van der Waals surface area (Å²) >= 11 is 6.08. The molecule has 0 aliphatic carbocycles. The second-order valence-corrected chi connectivity index (χ2v) is 5.74. The number of hydrogen-bond acceptors (Lipinski definition) is 2. The van der Waals surface area contributed by atoms with Crippen LogP contribution in [-0.4, -0.2) is 19.1 Å². The number of rotatable bonds is 5. The third kappa shape index (κ3) is 2.73. The Kier molecular flexibility index (Phi) is 4.35. The van der Waals surface area contributed by atoms with Crippen LogP contribution in [0.2, 0.25) is 0 Å². The zero-order chi connectivity index (χ0) is 14.7.